The number of carbonyl (C=O) groups excluding carboxylic acids is 1. The number of hydrogen-bond donors (Lipinski definition) is 2. The van der Waals surface area contributed by atoms with Crippen molar-refractivity contribution in [2.24, 2.45) is 0 Å². The number of phosphoric acid groups is 1. The highest BCUT2D eigenvalue weighted by molar-refractivity contribution is 7.45. The summed E-state index contributed by atoms with van der Waals surface area (Å²) in [4.78, 5) is 25.1. The number of nitrogens with zero attached hydrogens (tertiary/aromatic N) is 1. The van der Waals surface area contributed by atoms with Gasteiger partial charge in [-0.1, -0.05) is 114 Å². The minimum atomic E-state index is -4.58. The van der Waals surface area contributed by atoms with Crippen molar-refractivity contribution in [3.63, 3.8) is 0 Å². The molecule has 46 heavy (non-hydrogen) atoms. The van der Waals surface area contributed by atoms with Gasteiger partial charge in [-0.25, -0.2) is 0 Å². The number of hydrogen-bond acceptors (Lipinski definition) is 6. The van der Waals surface area contributed by atoms with E-state index in [0.717, 1.165) is 57.8 Å². The molecular weight excluding hydrogens is 599 g/mol. The van der Waals surface area contributed by atoms with E-state index in [9.17, 15) is 19.4 Å². The predicted octanol–water partition coefficient (Wildman–Crippen LogP) is 8.33. The summed E-state index contributed by atoms with van der Waals surface area (Å²) in [5, 5.41) is 13.6. The van der Waals surface area contributed by atoms with Crippen molar-refractivity contribution >= 4 is 13.7 Å². The first kappa shape index (κ1) is 44.5. The molecule has 0 aliphatic rings. The molecule has 3 atom stereocenters. The zero-order valence-electron chi connectivity index (χ0n) is 30.0. The topological polar surface area (TPSA) is 108 Å². The van der Waals surface area contributed by atoms with Crippen LogP contribution in [0.4, 0.5) is 0 Å². The summed E-state index contributed by atoms with van der Waals surface area (Å²) in [6.45, 7) is 4.49. The van der Waals surface area contributed by atoms with Gasteiger partial charge in [-0.2, -0.15) is 0 Å². The molecule has 0 fully saturated rings. The summed E-state index contributed by atoms with van der Waals surface area (Å²) in [6, 6.07) is -0.906. The SMILES string of the molecule is CCCCC/C=C\C=C/CCCCCCCCC(=O)NC(COP(=O)([O-])OCC[N+](C)(C)C)C(O)/C=C/CC/C=C/CCCCC. The van der Waals surface area contributed by atoms with Gasteiger partial charge in [0.2, 0.25) is 5.91 Å². The molecule has 0 spiro atoms. The van der Waals surface area contributed by atoms with Crippen molar-refractivity contribution in [1.29, 1.82) is 0 Å². The highest BCUT2D eigenvalue weighted by Crippen LogP contribution is 2.38. The number of unbranched alkanes of at least 4 members (excludes halogenated alkanes) is 13. The molecule has 0 bridgehead atoms. The fraction of sp³-hybridized carbons (Fsp3) is 0.757. The minimum absolute atomic E-state index is 0.0110. The van der Waals surface area contributed by atoms with Crippen molar-refractivity contribution in [3.05, 3.63) is 48.6 Å². The number of rotatable bonds is 31. The molecule has 9 heteroatoms. The Morgan fingerprint density at radius 2 is 1.28 bits per heavy atom. The van der Waals surface area contributed by atoms with E-state index in [1.807, 2.05) is 27.2 Å². The molecule has 0 aromatic heterocycles. The Hall–Kier alpha value is -1.54. The summed E-state index contributed by atoms with van der Waals surface area (Å²) >= 11 is 0. The Morgan fingerprint density at radius 3 is 1.89 bits per heavy atom. The molecule has 268 valence electrons. The first-order valence-corrected chi connectivity index (χ1v) is 19.5. The van der Waals surface area contributed by atoms with E-state index in [-0.39, 0.29) is 12.5 Å². The Kier molecular flexibility index (Phi) is 28.6. The summed E-state index contributed by atoms with van der Waals surface area (Å²) in [5.74, 6) is -0.226. The Labute approximate surface area is 282 Å². The Bertz CT molecular complexity index is 897. The van der Waals surface area contributed by atoms with E-state index < -0.39 is 26.6 Å². The third-order valence-corrected chi connectivity index (χ3v) is 8.50. The number of aliphatic hydroxyl groups is 1. The first-order valence-electron chi connectivity index (χ1n) is 18.0. The number of allylic oxidation sites excluding steroid dienone is 7. The van der Waals surface area contributed by atoms with Gasteiger partial charge in [-0.05, 0) is 57.8 Å². The van der Waals surface area contributed by atoms with Gasteiger partial charge in [-0.15, -0.1) is 0 Å². The van der Waals surface area contributed by atoms with E-state index in [1.165, 1.54) is 51.4 Å². The monoisotopic (exact) mass is 668 g/mol. The zero-order chi connectivity index (χ0) is 34.4. The standard InChI is InChI=1S/C37H69N2O6P/c1-6-8-10-12-14-16-17-18-19-20-21-23-25-27-29-31-37(41)38-35(34-45-46(42,43)44-33-32-39(3,4)5)36(40)30-28-26-24-22-15-13-11-9-7-2/h14-18,22,28,30,35-36,40H,6-13,19-21,23-27,29,31-34H2,1-5H3,(H-,38,41,42,43)/b16-14-,18-17-,22-15+,30-28+. The van der Waals surface area contributed by atoms with E-state index in [0.29, 0.717) is 17.4 Å². The average molecular weight is 669 g/mol. The molecule has 0 aliphatic carbocycles. The number of amides is 1. The van der Waals surface area contributed by atoms with Crippen LogP contribution in [0.25, 0.3) is 0 Å². The highest BCUT2D eigenvalue weighted by atomic mass is 31.2. The predicted molar refractivity (Wildman–Crippen MR) is 191 cm³/mol. The van der Waals surface area contributed by atoms with Crippen molar-refractivity contribution in [1.82, 2.24) is 5.32 Å². The molecule has 2 N–H and O–H groups in total. The van der Waals surface area contributed by atoms with E-state index in [2.05, 4.69) is 55.6 Å². The van der Waals surface area contributed by atoms with Crippen LogP contribution in [0.5, 0.6) is 0 Å². The second-order valence-electron chi connectivity index (χ2n) is 13.2. The number of carbonyl (C=O) groups is 1. The largest absolute Gasteiger partial charge is 0.756 e. The minimum Gasteiger partial charge on any atom is -0.756 e. The molecule has 0 radical (unpaired) electrons. The maximum absolute atomic E-state index is 12.7. The van der Waals surface area contributed by atoms with Gasteiger partial charge in [0.05, 0.1) is 39.9 Å². The molecule has 0 saturated carbocycles. The number of quaternary nitrogens is 1. The van der Waals surface area contributed by atoms with Crippen molar-refractivity contribution in [3.8, 4) is 0 Å². The second-order valence-corrected chi connectivity index (χ2v) is 14.7. The molecule has 0 aromatic rings. The van der Waals surface area contributed by atoms with Crippen molar-refractivity contribution in [2.75, 3.05) is 40.9 Å². The van der Waals surface area contributed by atoms with Crippen molar-refractivity contribution in [2.45, 2.75) is 142 Å². The zero-order valence-corrected chi connectivity index (χ0v) is 30.9. The lowest BCUT2D eigenvalue weighted by Gasteiger charge is -2.29. The van der Waals surface area contributed by atoms with Crippen molar-refractivity contribution < 1.29 is 32.9 Å². The van der Waals surface area contributed by atoms with Crippen LogP contribution in [-0.4, -0.2) is 68.5 Å². The Balaban J connectivity index is 4.59. The number of phosphoric ester groups is 1. The van der Waals surface area contributed by atoms with Gasteiger partial charge < -0.3 is 28.8 Å². The quantitative estimate of drug-likeness (QED) is 0.0253. The van der Waals surface area contributed by atoms with E-state index in [4.69, 9.17) is 9.05 Å². The van der Waals surface area contributed by atoms with Crippen LogP contribution in [0, 0.1) is 0 Å². The molecule has 0 aromatic carbocycles. The molecule has 8 nitrogen and oxygen atoms in total. The molecule has 0 saturated heterocycles. The maximum atomic E-state index is 12.7. The number of aliphatic hydroxyl groups excluding tert-OH is 1. The summed E-state index contributed by atoms with van der Waals surface area (Å²) in [5.41, 5.74) is 0. The van der Waals surface area contributed by atoms with Gasteiger partial charge >= 0.3 is 0 Å². The lowest BCUT2D eigenvalue weighted by Crippen LogP contribution is -2.45. The van der Waals surface area contributed by atoms with Crippen LogP contribution in [0.2, 0.25) is 0 Å². The van der Waals surface area contributed by atoms with E-state index >= 15 is 0 Å². The molecule has 0 rings (SSSR count). The van der Waals surface area contributed by atoms with Gasteiger partial charge in [0.1, 0.15) is 13.2 Å². The fourth-order valence-corrected chi connectivity index (χ4v) is 5.29. The van der Waals surface area contributed by atoms with Gasteiger partial charge in [0, 0.05) is 6.42 Å². The van der Waals surface area contributed by atoms with Crippen LogP contribution in [0.15, 0.2) is 48.6 Å². The molecule has 3 unspecified atom stereocenters. The summed E-state index contributed by atoms with van der Waals surface area (Å²) < 4.78 is 23.0. The lowest BCUT2D eigenvalue weighted by atomic mass is 10.1. The maximum Gasteiger partial charge on any atom is 0.268 e. The first-order chi connectivity index (χ1) is 22.0. The normalized spacial score (nSPS) is 15.4. The molecule has 0 heterocycles. The smallest absolute Gasteiger partial charge is 0.268 e. The van der Waals surface area contributed by atoms with Crippen LogP contribution in [-0.2, 0) is 18.4 Å². The van der Waals surface area contributed by atoms with Crippen LogP contribution >= 0.6 is 7.82 Å². The third kappa shape index (κ3) is 31.1. The molecule has 0 aliphatic heterocycles. The van der Waals surface area contributed by atoms with E-state index in [1.54, 1.807) is 6.08 Å². The summed E-state index contributed by atoms with van der Waals surface area (Å²) in [7, 11) is 1.22. The lowest BCUT2D eigenvalue weighted by molar-refractivity contribution is -0.870. The van der Waals surface area contributed by atoms with Crippen LogP contribution < -0.4 is 10.2 Å². The van der Waals surface area contributed by atoms with Gasteiger partial charge in [0.15, 0.2) is 0 Å². The number of likely N-dealkylation sites (N-methyl/N-ethyl adjacent to an activating group) is 1. The fourth-order valence-electron chi connectivity index (χ4n) is 4.57. The highest BCUT2D eigenvalue weighted by Gasteiger charge is 2.23. The second kappa shape index (κ2) is 29.6. The number of nitrogens with one attached hydrogen (secondary N) is 1. The van der Waals surface area contributed by atoms with Crippen LogP contribution in [0.3, 0.4) is 0 Å². The average Bonchev–Trinajstić information content (AvgIpc) is 2.99. The van der Waals surface area contributed by atoms with Gasteiger partial charge in [0.25, 0.3) is 7.82 Å². The van der Waals surface area contributed by atoms with Crippen LogP contribution in [0.1, 0.15) is 129 Å². The Morgan fingerprint density at radius 1 is 0.761 bits per heavy atom. The molecular formula is C37H69N2O6P. The summed E-state index contributed by atoms with van der Waals surface area (Å²) in [6.07, 6.45) is 34.5. The third-order valence-electron chi connectivity index (χ3n) is 7.54. The molecule has 1 amide bonds. The van der Waals surface area contributed by atoms with Gasteiger partial charge in [-0.3, -0.25) is 9.36 Å².